The van der Waals surface area contributed by atoms with Crippen molar-refractivity contribution in [1.82, 2.24) is 0 Å². The minimum absolute atomic E-state index is 0.179. The highest BCUT2D eigenvalue weighted by Gasteiger charge is 2.25. The lowest BCUT2D eigenvalue weighted by Gasteiger charge is -2.25. The normalized spacial score (nSPS) is 13.1. The lowest BCUT2D eigenvalue weighted by Crippen LogP contribution is -2.40. The number of allylic oxidation sites excluding steroid dienone is 16. The molecular formula is C88H158NO8+. The average molecular weight is 1360 g/mol. The summed E-state index contributed by atoms with van der Waals surface area (Å²) in [5.41, 5.74) is 0. The molecule has 0 rings (SSSR count). The van der Waals surface area contributed by atoms with Gasteiger partial charge in [0.05, 0.1) is 34.4 Å². The van der Waals surface area contributed by atoms with Gasteiger partial charge in [-0.3, -0.25) is 9.59 Å². The van der Waals surface area contributed by atoms with E-state index in [-0.39, 0.29) is 38.2 Å². The van der Waals surface area contributed by atoms with Crippen molar-refractivity contribution in [2.24, 2.45) is 0 Å². The van der Waals surface area contributed by atoms with Crippen molar-refractivity contribution in [3.8, 4) is 0 Å². The summed E-state index contributed by atoms with van der Waals surface area (Å²) < 4.78 is 23.1. The summed E-state index contributed by atoms with van der Waals surface area (Å²) in [6, 6.07) is 0. The number of unbranched alkanes of at least 4 members (excludes halogenated alkanes) is 46. The molecule has 0 saturated carbocycles. The van der Waals surface area contributed by atoms with Gasteiger partial charge >= 0.3 is 17.9 Å². The fourth-order valence-corrected chi connectivity index (χ4v) is 12.1. The van der Waals surface area contributed by atoms with Gasteiger partial charge in [-0.05, 0) is 96.3 Å². The van der Waals surface area contributed by atoms with Gasteiger partial charge in [-0.15, -0.1) is 0 Å². The monoisotopic (exact) mass is 1360 g/mol. The first-order valence-corrected chi connectivity index (χ1v) is 41.4. The second kappa shape index (κ2) is 77.9. The van der Waals surface area contributed by atoms with Gasteiger partial charge in [0.2, 0.25) is 0 Å². The molecule has 0 aromatic rings. The summed E-state index contributed by atoms with van der Waals surface area (Å²) in [5.74, 6) is -1.98. The number of carbonyl (C=O) groups is 3. The SMILES string of the molecule is CC/C=C\C/C=C\C/C=C\C/C=C\C/C=C\CCCCCCCCCCCCCCCCCCCCCC(=O)OC(COC(=O)CCCCCCCCCCCCCCCCCCCCCCCC/C=C\C/C=C\C/C=C\CCCCCCC)COC(OCC[N+](C)(C)C)C(=O)O. The Hall–Kier alpha value is -3.79. The van der Waals surface area contributed by atoms with Crippen LogP contribution >= 0.6 is 0 Å². The minimum Gasteiger partial charge on any atom is -0.477 e. The lowest BCUT2D eigenvalue weighted by molar-refractivity contribution is -0.870. The second-order valence-corrected chi connectivity index (χ2v) is 29.1. The predicted octanol–water partition coefficient (Wildman–Crippen LogP) is 26.7. The maximum Gasteiger partial charge on any atom is 0.361 e. The standard InChI is InChI=1S/C88H157NO8/c1-6-8-10-12-14-16-18-20-22-24-26-28-30-32-34-36-38-40-42-43-45-46-48-50-52-54-56-58-60-62-64-66-68-70-72-74-76-78-85(90)95-82-84(83-96-88(87(92)93)94-81-80-89(3,4)5)97-86(91)79-77-75-73-71-69-67-65-63-61-59-57-55-53-51-49-47-44-41-39-37-35-33-31-29-27-25-23-21-19-17-15-13-11-9-7-2/h9,11,15,17-18,20-21,23-24,26-27,29-30,32-33,35,84,88H,6-8,10,12-14,16,19,22,25,28,31,34,36-83H2,1-5H3/p+1/b11-9-,17-15-,20-18-,23-21-,26-24-,29-27-,32-30-,35-33-. The third-order valence-electron chi connectivity index (χ3n) is 18.3. The van der Waals surface area contributed by atoms with Crippen LogP contribution in [0.4, 0.5) is 0 Å². The molecule has 0 aliphatic rings. The van der Waals surface area contributed by atoms with Crippen LogP contribution in [0.3, 0.4) is 0 Å². The molecule has 0 aromatic heterocycles. The van der Waals surface area contributed by atoms with Gasteiger partial charge in [-0.25, -0.2) is 4.79 Å². The van der Waals surface area contributed by atoms with Crippen molar-refractivity contribution < 1.29 is 42.9 Å². The number of carboxylic acid groups (broad SMARTS) is 1. The molecular weight excluding hydrogens is 1200 g/mol. The van der Waals surface area contributed by atoms with E-state index in [0.717, 1.165) is 83.5 Å². The average Bonchev–Trinajstić information content (AvgIpc) is 3.74. The molecule has 0 radical (unpaired) electrons. The highest BCUT2D eigenvalue weighted by atomic mass is 16.7. The van der Waals surface area contributed by atoms with Gasteiger partial charge < -0.3 is 28.5 Å². The molecule has 0 saturated heterocycles. The molecule has 0 aliphatic heterocycles. The van der Waals surface area contributed by atoms with Gasteiger partial charge in [0.15, 0.2) is 6.10 Å². The zero-order chi connectivity index (χ0) is 70.4. The number of quaternary nitrogens is 1. The number of likely N-dealkylation sites (N-methyl/N-ethyl adjacent to an activating group) is 1. The van der Waals surface area contributed by atoms with E-state index in [1.165, 1.54) is 276 Å². The molecule has 97 heavy (non-hydrogen) atoms. The van der Waals surface area contributed by atoms with Crippen LogP contribution in [0, 0.1) is 0 Å². The van der Waals surface area contributed by atoms with Crippen LogP contribution in [0.15, 0.2) is 97.2 Å². The Labute approximate surface area is 601 Å². The van der Waals surface area contributed by atoms with Crippen molar-refractivity contribution in [2.45, 2.75) is 399 Å². The van der Waals surface area contributed by atoms with Crippen LogP contribution in [-0.2, 0) is 33.3 Å². The molecule has 0 aromatic carbocycles. The Morgan fingerprint density at radius 3 is 0.876 bits per heavy atom. The predicted molar refractivity (Wildman–Crippen MR) is 419 cm³/mol. The summed E-state index contributed by atoms with van der Waals surface area (Å²) in [4.78, 5) is 37.8. The number of carboxylic acids is 1. The van der Waals surface area contributed by atoms with Gasteiger partial charge in [-0.2, -0.15) is 0 Å². The summed E-state index contributed by atoms with van der Waals surface area (Å²) in [5, 5.41) is 9.78. The third-order valence-corrected chi connectivity index (χ3v) is 18.3. The van der Waals surface area contributed by atoms with E-state index in [1.807, 2.05) is 21.1 Å². The topological polar surface area (TPSA) is 108 Å². The maximum atomic E-state index is 13.0. The van der Waals surface area contributed by atoms with E-state index < -0.39 is 18.4 Å². The smallest absolute Gasteiger partial charge is 0.361 e. The van der Waals surface area contributed by atoms with Crippen molar-refractivity contribution in [3.63, 3.8) is 0 Å². The summed E-state index contributed by atoms with van der Waals surface area (Å²) >= 11 is 0. The first kappa shape index (κ1) is 93.2. The molecule has 9 nitrogen and oxygen atoms in total. The number of aliphatic carboxylic acids is 1. The highest BCUT2D eigenvalue weighted by molar-refractivity contribution is 5.71. The molecule has 562 valence electrons. The first-order chi connectivity index (χ1) is 47.6. The van der Waals surface area contributed by atoms with Crippen molar-refractivity contribution in [1.29, 1.82) is 0 Å². The summed E-state index contributed by atoms with van der Waals surface area (Å²) in [7, 11) is 5.99. The van der Waals surface area contributed by atoms with E-state index in [0.29, 0.717) is 17.4 Å². The molecule has 0 aliphatic carbocycles. The molecule has 0 amide bonds. The van der Waals surface area contributed by atoms with Crippen LogP contribution in [0.2, 0.25) is 0 Å². The second-order valence-electron chi connectivity index (χ2n) is 29.1. The largest absolute Gasteiger partial charge is 0.477 e. The molecule has 1 N–H and O–H groups in total. The Balaban J connectivity index is 3.98. The number of hydrogen-bond acceptors (Lipinski definition) is 7. The van der Waals surface area contributed by atoms with Gasteiger partial charge in [0.1, 0.15) is 13.2 Å². The highest BCUT2D eigenvalue weighted by Crippen LogP contribution is 2.19. The van der Waals surface area contributed by atoms with Crippen molar-refractivity contribution in [3.05, 3.63) is 97.2 Å². The molecule has 0 bridgehead atoms. The Kier molecular flexibility index (Phi) is 74.9. The van der Waals surface area contributed by atoms with Crippen LogP contribution in [0.1, 0.15) is 386 Å². The van der Waals surface area contributed by atoms with Crippen molar-refractivity contribution in [2.75, 3.05) is 47.5 Å². The van der Waals surface area contributed by atoms with Gasteiger partial charge in [0.25, 0.3) is 6.29 Å². The minimum atomic E-state index is -1.51. The molecule has 2 atom stereocenters. The number of esters is 2. The van der Waals surface area contributed by atoms with E-state index in [1.54, 1.807) is 0 Å². The van der Waals surface area contributed by atoms with Gasteiger partial charge in [-0.1, -0.05) is 374 Å². The Bertz CT molecular complexity index is 1920. The Morgan fingerprint density at radius 1 is 0.320 bits per heavy atom. The van der Waals surface area contributed by atoms with E-state index in [4.69, 9.17) is 18.9 Å². The number of ether oxygens (including phenoxy) is 4. The Morgan fingerprint density at radius 2 is 0.588 bits per heavy atom. The lowest BCUT2D eigenvalue weighted by atomic mass is 10.0. The molecule has 0 fully saturated rings. The van der Waals surface area contributed by atoms with Crippen LogP contribution in [0.25, 0.3) is 0 Å². The van der Waals surface area contributed by atoms with E-state index in [9.17, 15) is 19.5 Å². The van der Waals surface area contributed by atoms with E-state index >= 15 is 0 Å². The number of carbonyl (C=O) groups excluding carboxylic acids is 2. The number of rotatable bonds is 77. The quantitative estimate of drug-likeness (QED) is 0.0211. The molecule has 9 heteroatoms. The first-order valence-electron chi connectivity index (χ1n) is 41.4. The van der Waals surface area contributed by atoms with E-state index in [2.05, 4.69) is 111 Å². The van der Waals surface area contributed by atoms with Gasteiger partial charge in [0, 0.05) is 12.8 Å². The summed E-state index contributed by atoms with van der Waals surface area (Å²) in [6.45, 7) is 4.81. The number of nitrogens with zero attached hydrogens (tertiary/aromatic N) is 1. The van der Waals surface area contributed by atoms with Crippen LogP contribution in [0.5, 0.6) is 0 Å². The fraction of sp³-hybridized carbons (Fsp3) is 0.784. The number of hydrogen-bond donors (Lipinski definition) is 1. The zero-order valence-corrected chi connectivity index (χ0v) is 64.5. The fourth-order valence-electron chi connectivity index (χ4n) is 12.1. The third kappa shape index (κ3) is 79.4. The van der Waals surface area contributed by atoms with Crippen LogP contribution < -0.4 is 0 Å². The molecule has 0 heterocycles. The molecule has 0 spiro atoms. The van der Waals surface area contributed by atoms with Crippen molar-refractivity contribution >= 4 is 17.9 Å². The van der Waals surface area contributed by atoms with Crippen LogP contribution in [-0.4, -0.2) is 87.4 Å². The molecule has 2 unspecified atom stereocenters. The maximum absolute atomic E-state index is 13.0. The zero-order valence-electron chi connectivity index (χ0n) is 64.5. The summed E-state index contributed by atoms with van der Waals surface area (Å²) in [6.07, 6.45) is 106.